The SMILES string of the molecule is NCc1ccc(-c2ncnc3[nH]ccc23)cc1.O=C(O)C(F)(F)F. The highest BCUT2D eigenvalue weighted by Gasteiger charge is 2.38. The number of hydrogen-bond donors (Lipinski definition) is 3. The van der Waals surface area contributed by atoms with Crippen LogP contribution in [0.1, 0.15) is 5.56 Å². The van der Waals surface area contributed by atoms with Gasteiger partial charge in [0.05, 0.1) is 5.69 Å². The number of aromatic amines is 1. The van der Waals surface area contributed by atoms with Crippen molar-refractivity contribution in [3.8, 4) is 11.3 Å². The molecule has 0 bridgehead atoms. The molecule has 126 valence electrons. The van der Waals surface area contributed by atoms with Crippen LogP contribution in [0.4, 0.5) is 13.2 Å². The summed E-state index contributed by atoms with van der Waals surface area (Å²) in [5.74, 6) is -2.76. The zero-order valence-corrected chi connectivity index (χ0v) is 12.2. The number of benzene rings is 1. The predicted molar refractivity (Wildman–Crippen MR) is 80.9 cm³/mol. The Morgan fingerprint density at radius 2 is 1.79 bits per heavy atom. The minimum Gasteiger partial charge on any atom is -0.475 e. The number of nitrogens with zero attached hydrogens (tertiary/aromatic N) is 2. The van der Waals surface area contributed by atoms with Gasteiger partial charge in [0, 0.05) is 23.7 Å². The second-order valence-corrected chi connectivity index (χ2v) is 4.67. The smallest absolute Gasteiger partial charge is 0.475 e. The summed E-state index contributed by atoms with van der Waals surface area (Å²) in [5.41, 5.74) is 9.58. The Kier molecular flexibility index (Phi) is 5.14. The first kappa shape index (κ1) is 17.4. The number of carboxylic acid groups (broad SMARTS) is 1. The van der Waals surface area contributed by atoms with Crippen LogP contribution in [0.2, 0.25) is 0 Å². The molecular weight excluding hydrogens is 325 g/mol. The maximum atomic E-state index is 10.6. The molecule has 4 N–H and O–H groups in total. The second-order valence-electron chi connectivity index (χ2n) is 4.67. The largest absolute Gasteiger partial charge is 0.490 e. The Balaban J connectivity index is 0.000000256. The van der Waals surface area contributed by atoms with Crippen molar-refractivity contribution in [2.75, 3.05) is 0 Å². The van der Waals surface area contributed by atoms with Crippen LogP contribution in [-0.2, 0) is 11.3 Å². The third-order valence-corrected chi connectivity index (χ3v) is 3.06. The lowest BCUT2D eigenvalue weighted by Crippen LogP contribution is -2.21. The van der Waals surface area contributed by atoms with Gasteiger partial charge < -0.3 is 15.8 Å². The molecule has 2 aromatic heterocycles. The number of hydrogen-bond acceptors (Lipinski definition) is 4. The van der Waals surface area contributed by atoms with Crippen LogP contribution in [0.25, 0.3) is 22.3 Å². The van der Waals surface area contributed by atoms with Gasteiger partial charge in [0.1, 0.15) is 12.0 Å². The lowest BCUT2D eigenvalue weighted by atomic mass is 10.1. The highest BCUT2D eigenvalue weighted by Crippen LogP contribution is 2.24. The van der Waals surface area contributed by atoms with Gasteiger partial charge in [-0.15, -0.1) is 0 Å². The number of aliphatic carboxylic acids is 1. The predicted octanol–water partition coefficient (Wildman–Crippen LogP) is 2.72. The Labute approximate surface area is 134 Å². The molecule has 0 radical (unpaired) electrons. The number of carbonyl (C=O) groups is 1. The summed E-state index contributed by atoms with van der Waals surface area (Å²) in [6.07, 6.45) is -1.64. The molecular formula is C15H13F3N4O2. The summed E-state index contributed by atoms with van der Waals surface area (Å²) in [7, 11) is 0. The van der Waals surface area contributed by atoms with Gasteiger partial charge >= 0.3 is 12.1 Å². The molecule has 1 aromatic carbocycles. The Morgan fingerprint density at radius 3 is 2.33 bits per heavy atom. The molecule has 9 heteroatoms. The quantitative estimate of drug-likeness (QED) is 0.666. The Bertz CT molecular complexity index is 829. The monoisotopic (exact) mass is 338 g/mol. The van der Waals surface area contributed by atoms with E-state index < -0.39 is 12.1 Å². The van der Waals surface area contributed by atoms with Crippen molar-refractivity contribution >= 4 is 17.0 Å². The maximum absolute atomic E-state index is 10.6. The molecule has 24 heavy (non-hydrogen) atoms. The fourth-order valence-corrected chi connectivity index (χ4v) is 1.90. The van der Waals surface area contributed by atoms with Crippen molar-refractivity contribution in [3.05, 3.63) is 48.4 Å². The van der Waals surface area contributed by atoms with E-state index in [1.54, 1.807) is 6.33 Å². The normalized spacial score (nSPS) is 11.0. The third kappa shape index (κ3) is 4.07. The average molecular weight is 338 g/mol. The van der Waals surface area contributed by atoms with E-state index in [0.29, 0.717) is 6.54 Å². The number of alkyl halides is 3. The summed E-state index contributed by atoms with van der Waals surface area (Å²) in [6, 6.07) is 10.1. The summed E-state index contributed by atoms with van der Waals surface area (Å²) < 4.78 is 31.7. The zero-order chi connectivity index (χ0) is 17.7. The highest BCUT2D eigenvalue weighted by atomic mass is 19.4. The van der Waals surface area contributed by atoms with Gasteiger partial charge in [-0.1, -0.05) is 24.3 Å². The number of rotatable bonds is 2. The number of fused-ring (bicyclic) bond motifs is 1. The molecule has 0 saturated carbocycles. The van der Waals surface area contributed by atoms with Crippen molar-refractivity contribution in [1.82, 2.24) is 15.0 Å². The van der Waals surface area contributed by atoms with E-state index in [1.807, 2.05) is 36.5 Å². The van der Waals surface area contributed by atoms with Gasteiger partial charge in [0.2, 0.25) is 0 Å². The van der Waals surface area contributed by atoms with Gasteiger partial charge in [-0.05, 0) is 11.6 Å². The fraction of sp³-hybridized carbons (Fsp3) is 0.133. The molecule has 0 fully saturated rings. The first-order valence-corrected chi connectivity index (χ1v) is 6.70. The molecule has 0 unspecified atom stereocenters. The number of aromatic nitrogens is 3. The molecule has 0 saturated heterocycles. The van der Waals surface area contributed by atoms with Gasteiger partial charge in [-0.2, -0.15) is 13.2 Å². The number of nitrogens with two attached hydrogens (primary N) is 1. The van der Waals surface area contributed by atoms with Crippen LogP contribution in [0.3, 0.4) is 0 Å². The molecule has 6 nitrogen and oxygen atoms in total. The summed E-state index contributed by atoms with van der Waals surface area (Å²) in [4.78, 5) is 20.5. The molecule has 0 aliphatic heterocycles. The minimum atomic E-state index is -5.08. The second kappa shape index (κ2) is 7.09. The molecule has 3 aromatic rings. The minimum absolute atomic E-state index is 0.559. The van der Waals surface area contributed by atoms with Gasteiger partial charge in [-0.3, -0.25) is 0 Å². The lowest BCUT2D eigenvalue weighted by Gasteiger charge is -2.03. The maximum Gasteiger partial charge on any atom is 0.490 e. The first-order valence-electron chi connectivity index (χ1n) is 6.70. The lowest BCUT2D eigenvalue weighted by molar-refractivity contribution is -0.192. The van der Waals surface area contributed by atoms with E-state index in [0.717, 1.165) is 27.9 Å². The van der Waals surface area contributed by atoms with Crippen molar-refractivity contribution in [2.24, 2.45) is 5.73 Å². The van der Waals surface area contributed by atoms with E-state index in [2.05, 4.69) is 15.0 Å². The van der Waals surface area contributed by atoms with Gasteiger partial charge in [-0.25, -0.2) is 14.8 Å². The molecule has 3 rings (SSSR count). The van der Waals surface area contributed by atoms with Crippen molar-refractivity contribution in [2.45, 2.75) is 12.7 Å². The summed E-state index contributed by atoms with van der Waals surface area (Å²) in [5, 5.41) is 8.16. The highest BCUT2D eigenvalue weighted by molar-refractivity contribution is 5.90. The van der Waals surface area contributed by atoms with Crippen molar-refractivity contribution in [1.29, 1.82) is 0 Å². The number of H-pyrrole nitrogens is 1. The summed E-state index contributed by atoms with van der Waals surface area (Å²) in [6.45, 7) is 0.559. The molecule has 0 amide bonds. The van der Waals surface area contributed by atoms with Crippen molar-refractivity contribution < 1.29 is 23.1 Å². The van der Waals surface area contributed by atoms with Crippen LogP contribution in [-0.4, -0.2) is 32.2 Å². The molecule has 0 aliphatic rings. The van der Waals surface area contributed by atoms with Crippen LogP contribution in [0.5, 0.6) is 0 Å². The van der Waals surface area contributed by atoms with E-state index in [-0.39, 0.29) is 0 Å². The standard InChI is InChI=1S/C13H12N4.C2HF3O2/c14-7-9-1-3-10(4-2-9)12-11-5-6-15-13(11)17-8-16-12;3-2(4,5)1(6)7/h1-6,8H,7,14H2,(H,15,16,17);(H,6,7). The Hall–Kier alpha value is -2.94. The molecule has 0 atom stereocenters. The first-order chi connectivity index (χ1) is 11.3. The van der Waals surface area contributed by atoms with Crippen LogP contribution in [0, 0.1) is 0 Å². The van der Waals surface area contributed by atoms with E-state index in [1.165, 1.54) is 0 Å². The van der Waals surface area contributed by atoms with Crippen LogP contribution < -0.4 is 5.73 Å². The molecule has 2 heterocycles. The van der Waals surface area contributed by atoms with Crippen LogP contribution >= 0.6 is 0 Å². The number of halogens is 3. The van der Waals surface area contributed by atoms with Crippen LogP contribution in [0.15, 0.2) is 42.9 Å². The van der Waals surface area contributed by atoms with E-state index in [4.69, 9.17) is 15.6 Å². The molecule has 0 spiro atoms. The third-order valence-electron chi connectivity index (χ3n) is 3.06. The molecule has 0 aliphatic carbocycles. The average Bonchev–Trinajstić information content (AvgIpc) is 3.03. The van der Waals surface area contributed by atoms with E-state index >= 15 is 0 Å². The van der Waals surface area contributed by atoms with E-state index in [9.17, 15) is 13.2 Å². The van der Waals surface area contributed by atoms with Gasteiger partial charge in [0.25, 0.3) is 0 Å². The zero-order valence-electron chi connectivity index (χ0n) is 12.2. The summed E-state index contributed by atoms with van der Waals surface area (Å²) >= 11 is 0. The Morgan fingerprint density at radius 1 is 1.17 bits per heavy atom. The van der Waals surface area contributed by atoms with Crippen molar-refractivity contribution in [3.63, 3.8) is 0 Å². The fourth-order valence-electron chi connectivity index (χ4n) is 1.90. The number of nitrogens with one attached hydrogen (secondary N) is 1. The topological polar surface area (TPSA) is 105 Å². The van der Waals surface area contributed by atoms with Gasteiger partial charge in [0.15, 0.2) is 0 Å². The number of carboxylic acids is 1.